The molecule has 0 aliphatic carbocycles. The molecule has 3 aromatic rings. The molecule has 0 unspecified atom stereocenters. The van der Waals surface area contributed by atoms with E-state index in [-0.39, 0.29) is 28.0 Å². The van der Waals surface area contributed by atoms with Crippen LogP contribution in [0.3, 0.4) is 0 Å². The summed E-state index contributed by atoms with van der Waals surface area (Å²) in [5.74, 6) is -5.45. The summed E-state index contributed by atoms with van der Waals surface area (Å²) in [5.41, 5.74) is -1.01. The molecule has 18 nitrogen and oxygen atoms in total. The number of carboxylic acids is 2. The molecule has 2 aromatic carbocycles. The van der Waals surface area contributed by atoms with E-state index in [1.165, 1.54) is 6.07 Å². The number of aliphatic carboxylic acids is 2. The van der Waals surface area contributed by atoms with Gasteiger partial charge in [-0.3, -0.25) is 4.79 Å². The number of aromatic hydroxyl groups is 2. The van der Waals surface area contributed by atoms with Crippen molar-refractivity contribution in [2.45, 2.75) is 61.4 Å². The van der Waals surface area contributed by atoms with Gasteiger partial charge < -0.3 is 74.4 Å². The summed E-state index contributed by atoms with van der Waals surface area (Å²) in [6.45, 7) is 0. The van der Waals surface area contributed by atoms with Crippen molar-refractivity contribution in [1.82, 2.24) is 0 Å². The molecular weight excluding hydrogens is 612 g/mol. The highest BCUT2D eigenvalue weighted by Crippen LogP contribution is 2.37. The molecule has 18 heteroatoms. The van der Waals surface area contributed by atoms with E-state index in [0.717, 1.165) is 30.3 Å². The van der Waals surface area contributed by atoms with Gasteiger partial charge in [0.25, 0.3) is 0 Å². The Morgan fingerprint density at radius 1 is 0.667 bits per heavy atom. The summed E-state index contributed by atoms with van der Waals surface area (Å²) in [6.07, 6.45) is -19.5. The van der Waals surface area contributed by atoms with E-state index >= 15 is 0 Å². The predicted molar refractivity (Wildman–Crippen MR) is 141 cm³/mol. The molecule has 0 radical (unpaired) electrons. The van der Waals surface area contributed by atoms with E-state index in [2.05, 4.69) is 0 Å². The average Bonchev–Trinajstić information content (AvgIpc) is 2.97. The third-order valence-corrected chi connectivity index (χ3v) is 7.15. The first kappa shape index (κ1) is 31.9. The summed E-state index contributed by atoms with van der Waals surface area (Å²) in [5, 5.41) is 99.3. The smallest absolute Gasteiger partial charge is 0.335 e. The third-order valence-electron chi connectivity index (χ3n) is 7.15. The fourth-order valence-corrected chi connectivity index (χ4v) is 4.77. The van der Waals surface area contributed by atoms with Gasteiger partial charge in [-0.05, 0) is 18.2 Å². The Labute approximate surface area is 249 Å². The summed E-state index contributed by atoms with van der Waals surface area (Å²) in [4.78, 5) is 35.7. The van der Waals surface area contributed by atoms with Crippen LogP contribution in [0.25, 0.3) is 22.3 Å². The number of rotatable bonds is 7. The Morgan fingerprint density at radius 3 is 1.78 bits per heavy atom. The third kappa shape index (κ3) is 5.95. The van der Waals surface area contributed by atoms with Crippen LogP contribution < -0.4 is 14.9 Å². The number of phenolic OH excluding ortho intramolecular Hbond substituents is 2. The fourth-order valence-electron chi connectivity index (χ4n) is 4.77. The lowest BCUT2D eigenvalue weighted by atomic mass is 9.99. The van der Waals surface area contributed by atoms with Crippen molar-refractivity contribution in [3.63, 3.8) is 0 Å². The molecular formula is C27H26O18. The van der Waals surface area contributed by atoms with E-state index in [1.54, 1.807) is 0 Å². The van der Waals surface area contributed by atoms with Crippen LogP contribution in [0.15, 0.2) is 45.6 Å². The highest BCUT2D eigenvalue weighted by molar-refractivity contribution is 5.86. The van der Waals surface area contributed by atoms with Gasteiger partial charge in [0.1, 0.15) is 64.9 Å². The molecule has 3 heterocycles. The van der Waals surface area contributed by atoms with Gasteiger partial charge in [0.2, 0.25) is 12.6 Å². The zero-order valence-electron chi connectivity index (χ0n) is 22.5. The largest absolute Gasteiger partial charge is 0.507 e. The molecule has 0 saturated carbocycles. The van der Waals surface area contributed by atoms with Crippen molar-refractivity contribution in [1.29, 1.82) is 0 Å². The highest BCUT2D eigenvalue weighted by Gasteiger charge is 2.49. The lowest BCUT2D eigenvalue weighted by molar-refractivity contribution is -0.271. The molecule has 2 saturated heterocycles. The predicted octanol–water partition coefficient (Wildman–Crippen LogP) is -2.59. The van der Waals surface area contributed by atoms with Gasteiger partial charge in [0.05, 0.1) is 0 Å². The standard InChI is InChI=1S/C27H26O18/c28-9-2-1-7(3-13(9)43-27-21(36)17(32)19(34)23(45-27)25(39)40)12-6-11(30)15-10(29)4-8(5-14(15)42-12)41-26-20(35)16(31)18(33)22(44-26)24(37)38/h1-6,16-23,26-29,31-36H,(H,37,38)(H,39,40)/t16-,17-,18-,19-,20-,21+,22-,23-,26+,27+/m0/s1. The number of hydrogen-bond donors (Lipinski definition) is 10. The normalized spacial score (nSPS) is 31.8. The Kier molecular flexibility index (Phi) is 8.58. The maximum atomic E-state index is 12.9. The van der Waals surface area contributed by atoms with Crippen LogP contribution in [0.1, 0.15) is 0 Å². The zero-order valence-corrected chi connectivity index (χ0v) is 22.5. The summed E-state index contributed by atoms with van der Waals surface area (Å²) in [6, 6.07) is 6.43. The topological polar surface area (TPSA) is 304 Å². The van der Waals surface area contributed by atoms with Gasteiger partial charge in [0.15, 0.2) is 29.1 Å². The first-order valence-corrected chi connectivity index (χ1v) is 13.0. The van der Waals surface area contributed by atoms with E-state index in [0.29, 0.717) is 0 Å². The molecule has 2 fully saturated rings. The van der Waals surface area contributed by atoms with Gasteiger partial charge >= 0.3 is 11.9 Å². The molecule has 10 N–H and O–H groups in total. The van der Waals surface area contributed by atoms with Crippen molar-refractivity contribution in [3.8, 4) is 34.3 Å². The summed E-state index contributed by atoms with van der Waals surface area (Å²) < 4.78 is 26.7. The molecule has 0 bridgehead atoms. The van der Waals surface area contributed by atoms with E-state index in [4.69, 9.17) is 23.4 Å². The molecule has 0 amide bonds. The molecule has 242 valence electrons. The SMILES string of the molecule is O=C(O)[C@H]1O[C@@H](Oc2cc(O)c3c(=O)cc(-c4ccc(O)c(O[C@@H]5O[C@H](C(=O)O)[C@@H](O)[C@H](O)[C@H]5O)c4)oc3c2)[C@@H](O)[C@@H](O)[C@@H]1O. The highest BCUT2D eigenvalue weighted by atomic mass is 16.7. The number of aliphatic hydroxyl groups excluding tert-OH is 6. The Bertz CT molecular complexity index is 1670. The van der Waals surface area contributed by atoms with Gasteiger partial charge in [-0.15, -0.1) is 0 Å². The maximum Gasteiger partial charge on any atom is 0.335 e. The molecule has 1 aromatic heterocycles. The van der Waals surface area contributed by atoms with Crippen LogP contribution in [0.4, 0.5) is 0 Å². The van der Waals surface area contributed by atoms with Crippen molar-refractivity contribution >= 4 is 22.9 Å². The van der Waals surface area contributed by atoms with Crippen molar-refractivity contribution in [3.05, 3.63) is 46.6 Å². The first-order chi connectivity index (χ1) is 21.2. The van der Waals surface area contributed by atoms with Gasteiger partial charge in [-0.25, -0.2) is 9.59 Å². The van der Waals surface area contributed by atoms with Crippen LogP contribution in [0.5, 0.6) is 23.0 Å². The van der Waals surface area contributed by atoms with E-state index in [1.807, 2.05) is 0 Å². The minimum absolute atomic E-state index is 0.0562. The number of ether oxygens (including phenoxy) is 4. The number of carboxylic acid groups (broad SMARTS) is 2. The summed E-state index contributed by atoms with van der Waals surface area (Å²) >= 11 is 0. The average molecular weight is 638 g/mol. The van der Waals surface area contributed by atoms with Gasteiger partial charge in [0, 0.05) is 23.8 Å². The van der Waals surface area contributed by atoms with Crippen LogP contribution >= 0.6 is 0 Å². The molecule has 45 heavy (non-hydrogen) atoms. The number of aliphatic hydroxyl groups is 6. The maximum absolute atomic E-state index is 12.9. The second-order valence-electron chi connectivity index (χ2n) is 10.2. The second-order valence-corrected chi connectivity index (χ2v) is 10.2. The lowest BCUT2D eigenvalue weighted by Crippen LogP contribution is -2.61. The van der Waals surface area contributed by atoms with Crippen LogP contribution in [0.2, 0.25) is 0 Å². The fraction of sp³-hybridized carbons (Fsp3) is 0.370. The monoisotopic (exact) mass is 638 g/mol. The lowest BCUT2D eigenvalue weighted by Gasteiger charge is -2.38. The zero-order chi connectivity index (χ0) is 32.9. The number of fused-ring (bicyclic) bond motifs is 1. The minimum atomic E-state index is -1.99. The molecule has 2 aliphatic rings. The van der Waals surface area contributed by atoms with Crippen molar-refractivity contribution in [2.24, 2.45) is 0 Å². The Balaban J connectivity index is 1.46. The quantitative estimate of drug-likeness (QED) is 0.127. The molecule has 10 atom stereocenters. The Hall–Kier alpha value is -4.53. The van der Waals surface area contributed by atoms with E-state index in [9.17, 15) is 65.4 Å². The Morgan fingerprint density at radius 2 is 1.22 bits per heavy atom. The van der Waals surface area contributed by atoms with Crippen LogP contribution in [0, 0.1) is 0 Å². The molecule has 5 rings (SSSR count). The summed E-state index contributed by atoms with van der Waals surface area (Å²) in [7, 11) is 0. The minimum Gasteiger partial charge on any atom is -0.507 e. The number of benzene rings is 2. The van der Waals surface area contributed by atoms with Gasteiger partial charge in [-0.1, -0.05) is 0 Å². The number of hydrogen-bond acceptors (Lipinski definition) is 16. The van der Waals surface area contributed by atoms with Crippen LogP contribution in [-0.4, -0.2) is 124 Å². The molecule has 0 spiro atoms. The number of phenols is 2. The van der Waals surface area contributed by atoms with Crippen LogP contribution in [-0.2, 0) is 19.1 Å². The molecule has 2 aliphatic heterocycles. The van der Waals surface area contributed by atoms with E-state index < -0.39 is 96.0 Å². The number of carbonyl (C=O) groups is 2. The van der Waals surface area contributed by atoms with Crippen molar-refractivity contribution in [2.75, 3.05) is 0 Å². The first-order valence-electron chi connectivity index (χ1n) is 13.0. The van der Waals surface area contributed by atoms with Crippen molar-refractivity contribution < 1.29 is 84.0 Å². The second kappa shape index (κ2) is 12.1. The van der Waals surface area contributed by atoms with Gasteiger partial charge in [-0.2, -0.15) is 0 Å².